The molecule has 2 aromatic rings. The van der Waals surface area contributed by atoms with Crippen molar-refractivity contribution in [3.05, 3.63) is 42.2 Å². The molecule has 1 aliphatic carbocycles. The average Bonchev–Trinajstić information content (AvgIpc) is 3.11. The van der Waals surface area contributed by atoms with E-state index in [-0.39, 0.29) is 18.1 Å². The van der Waals surface area contributed by atoms with E-state index in [0.717, 1.165) is 24.8 Å². The summed E-state index contributed by atoms with van der Waals surface area (Å²) in [5, 5.41) is 4.05. The van der Waals surface area contributed by atoms with Crippen molar-refractivity contribution in [2.24, 2.45) is 0 Å². The van der Waals surface area contributed by atoms with Crippen LogP contribution in [0, 0.1) is 0 Å². The molecular weight excluding hydrogens is 292 g/mol. The molecule has 0 unspecified atom stereocenters. The summed E-state index contributed by atoms with van der Waals surface area (Å²) in [5.74, 6) is 0.245. The van der Waals surface area contributed by atoms with Crippen LogP contribution in [0.4, 0.5) is 0 Å². The van der Waals surface area contributed by atoms with Gasteiger partial charge in [-0.3, -0.25) is 4.79 Å². The van der Waals surface area contributed by atoms with Crippen LogP contribution in [0.1, 0.15) is 36.2 Å². The van der Waals surface area contributed by atoms with Gasteiger partial charge in [-0.05, 0) is 12.8 Å². The van der Waals surface area contributed by atoms with E-state index in [1.807, 2.05) is 35.2 Å². The maximum Gasteiger partial charge on any atom is 0.292 e. The van der Waals surface area contributed by atoms with Gasteiger partial charge in [-0.25, -0.2) is 0 Å². The van der Waals surface area contributed by atoms with Gasteiger partial charge in [0.2, 0.25) is 5.76 Å². The summed E-state index contributed by atoms with van der Waals surface area (Å²) >= 11 is 0. The highest BCUT2D eigenvalue weighted by atomic mass is 16.5. The van der Waals surface area contributed by atoms with Crippen molar-refractivity contribution in [2.45, 2.75) is 37.8 Å². The summed E-state index contributed by atoms with van der Waals surface area (Å²) in [6.07, 6.45) is 4.57. The van der Waals surface area contributed by atoms with Gasteiger partial charge in [-0.2, -0.15) is 0 Å². The lowest BCUT2D eigenvalue weighted by Gasteiger charge is -2.43. The number of hydrogen-bond acceptors (Lipinski definition) is 4. The average molecular weight is 312 g/mol. The first-order valence-electron chi connectivity index (χ1n) is 8.27. The number of carbonyl (C=O) groups is 1. The largest absolute Gasteiger partial charge is 0.374 e. The van der Waals surface area contributed by atoms with E-state index in [1.54, 1.807) is 6.07 Å². The molecule has 1 saturated carbocycles. The van der Waals surface area contributed by atoms with Crippen molar-refractivity contribution >= 4 is 5.91 Å². The Balaban J connectivity index is 1.56. The van der Waals surface area contributed by atoms with Crippen LogP contribution >= 0.6 is 0 Å². The number of nitrogens with zero attached hydrogens (tertiary/aromatic N) is 2. The molecule has 5 nitrogen and oxygen atoms in total. The number of ether oxygens (including phenoxy) is 1. The van der Waals surface area contributed by atoms with Crippen LogP contribution in [0.3, 0.4) is 0 Å². The number of rotatable bonds is 2. The van der Waals surface area contributed by atoms with Crippen LogP contribution in [-0.2, 0) is 4.74 Å². The first-order valence-corrected chi connectivity index (χ1v) is 8.27. The third-order valence-corrected chi connectivity index (χ3v) is 4.78. The van der Waals surface area contributed by atoms with Crippen LogP contribution in [0.25, 0.3) is 11.3 Å². The van der Waals surface area contributed by atoms with Gasteiger partial charge >= 0.3 is 0 Å². The minimum absolute atomic E-state index is 0.0696. The van der Waals surface area contributed by atoms with Gasteiger partial charge in [0, 0.05) is 18.2 Å². The smallest absolute Gasteiger partial charge is 0.292 e. The summed E-state index contributed by atoms with van der Waals surface area (Å²) in [4.78, 5) is 14.8. The summed E-state index contributed by atoms with van der Waals surface area (Å²) in [6.45, 7) is 1.23. The monoisotopic (exact) mass is 312 g/mol. The van der Waals surface area contributed by atoms with Crippen molar-refractivity contribution in [2.75, 3.05) is 13.2 Å². The molecule has 23 heavy (non-hydrogen) atoms. The van der Waals surface area contributed by atoms with E-state index in [1.165, 1.54) is 6.42 Å². The van der Waals surface area contributed by atoms with Crippen LogP contribution in [0.5, 0.6) is 0 Å². The normalized spacial score (nSPS) is 24.3. The van der Waals surface area contributed by atoms with Crippen LogP contribution < -0.4 is 0 Å². The van der Waals surface area contributed by atoms with Crippen molar-refractivity contribution < 1.29 is 14.1 Å². The molecule has 120 valence electrons. The standard InChI is InChI=1S/C18H20N2O3/c21-18(20-10-11-22-16-9-5-4-8-15(16)20)17-12-14(19-23-17)13-6-2-1-3-7-13/h1-3,6-7,12,15-16H,4-5,8-11H2/t15-,16-/m1/s1. The first-order chi connectivity index (χ1) is 11.3. The molecule has 4 rings (SSSR count). The quantitative estimate of drug-likeness (QED) is 0.855. The second-order valence-electron chi connectivity index (χ2n) is 6.20. The van der Waals surface area contributed by atoms with Crippen LogP contribution in [0.15, 0.2) is 40.9 Å². The molecule has 1 amide bonds. The zero-order chi connectivity index (χ0) is 15.6. The Hall–Kier alpha value is -2.14. The molecule has 2 heterocycles. The van der Waals surface area contributed by atoms with Crippen molar-refractivity contribution in [3.63, 3.8) is 0 Å². The Morgan fingerprint density at radius 1 is 1.17 bits per heavy atom. The molecule has 5 heteroatoms. The van der Waals surface area contributed by atoms with E-state index < -0.39 is 0 Å². The Kier molecular flexibility index (Phi) is 3.87. The van der Waals surface area contributed by atoms with Gasteiger partial charge in [0.25, 0.3) is 5.91 Å². The van der Waals surface area contributed by atoms with E-state index >= 15 is 0 Å². The summed E-state index contributed by atoms with van der Waals surface area (Å²) in [7, 11) is 0. The Morgan fingerprint density at radius 3 is 2.87 bits per heavy atom. The molecular formula is C18H20N2O3. The summed E-state index contributed by atoms with van der Waals surface area (Å²) < 4.78 is 11.2. The number of hydrogen-bond donors (Lipinski definition) is 0. The van der Waals surface area contributed by atoms with E-state index in [2.05, 4.69) is 5.16 Å². The van der Waals surface area contributed by atoms with Crippen molar-refractivity contribution in [1.82, 2.24) is 10.1 Å². The zero-order valence-corrected chi connectivity index (χ0v) is 13.0. The molecule has 1 aromatic heterocycles. The van der Waals surface area contributed by atoms with Crippen molar-refractivity contribution in [3.8, 4) is 11.3 Å². The van der Waals surface area contributed by atoms with Gasteiger partial charge in [-0.15, -0.1) is 0 Å². The third kappa shape index (κ3) is 2.77. The number of amides is 1. The fourth-order valence-corrected chi connectivity index (χ4v) is 3.61. The molecule has 0 spiro atoms. The van der Waals surface area contributed by atoms with Crippen molar-refractivity contribution in [1.29, 1.82) is 0 Å². The first kappa shape index (κ1) is 14.5. The maximum atomic E-state index is 12.8. The third-order valence-electron chi connectivity index (χ3n) is 4.78. The van der Waals surface area contributed by atoms with E-state index in [4.69, 9.17) is 9.26 Å². The van der Waals surface area contributed by atoms with Crippen LogP contribution in [0.2, 0.25) is 0 Å². The topological polar surface area (TPSA) is 55.6 Å². The van der Waals surface area contributed by atoms with Crippen LogP contribution in [-0.4, -0.2) is 41.3 Å². The Bertz CT molecular complexity index is 681. The summed E-state index contributed by atoms with van der Waals surface area (Å²) in [6, 6.07) is 11.7. The zero-order valence-electron chi connectivity index (χ0n) is 13.0. The summed E-state index contributed by atoms with van der Waals surface area (Å²) in [5.41, 5.74) is 1.65. The second-order valence-corrected chi connectivity index (χ2v) is 6.20. The highest BCUT2D eigenvalue weighted by Crippen LogP contribution is 2.30. The number of morpholine rings is 1. The molecule has 0 radical (unpaired) electrons. The van der Waals surface area contributed by atoms with Gasteiger partial charge in [0.1, 0.15) is 5.69 Å². The minimum Gasteiger partial charge on any atom is -0.374 e. The molecule has 0 N–H and O–H groups in total. The van der Waals surface area contributed by atoms with Gasteiger partial charge in [0.15, 0.2) is 0 Å². The predicted molar refractivity (Wildman–Crippen MR) is 85.0 cm³/mol. The predicted octanol–water partition coefficient (Wildman–Crippen LogP) is 3.13. The Labute approximate surface area is 135 Å². The van der Waals surface area contributed by atoms with E-state index in [0.29, 0.717) is 24.6 Å². The fraction of sp³-hybridized carbons (Fsp3) is 0.444. The number of aromatic nitrogens is 1. The molecule has 1 aliphatic heterocycles. The molecule has 1 saturated heterocycles. The number of fused-ring (bicyclic) bond motifs is 1. The van der Waals surface area contributed by atoms with Gasteiger partial charge < -0.3 is 14.2 Å². The minimum atomic E-state index is -0.0696. The lowest BCUT2D eigenvalue weighted by atomic mass is 9.90. The lowest BCUT2D eigenvalue weighted by Crippen LogP contribution is -2.54. The molecule has 2 atom stereocenters. The molecule has 1 aromatic carbocycles. The molecule has 2 aliphatic rings. The number of carbonyl (C=O) groups excluding carboxylic acids is 1. The Morgan fingerprint density at radius 2 is 2.00 bits per heavy atom. The van der Waals surface area contributed by atoms with Gasteiger partial charge in [-0.1, -0.05) is 48.3 Å². The highest BCUT2D eigenvalue weighted by molar-refractivity contribution is 5.92. The molecule has 0 bridgehead atoms. The SMILES string of the molecule is O=C(c1cc(-c2ccccc2)no1)N1CCO[C@@H]2CCCC[C@H]21. The lowest BCUT2D eigenvalue weighted by molar-refractivity contribution is -0.0760. The second kappa shape index (κ2) is 6.16. The van der Waals surface area contributed by atoms with Gasteiger partial charge in [0.05, 0.1) is 18.8 Å². The highest BCUT2D eigenvalue weighted by Gasteiger charge is 2.38. The maximum absolute atomic E-state index is 12.8. The van der Waals surface area contributed by atoms with E-state index in [9.17, 15) is 4.79 Å². The fourth-order valence-electron chi connectivity index (χ4n) is 3.61. The molecule has 2 fully saturated rings. The number of benzene rings is 1.